The molecule has 0 aliphatic rings. The van der Waals surface area contributed by atoms with Crippen molar-refractivity contribution in [2.75, 3.05) is 20.2 Å². The molecule has 1 N–H and O–H groups in total. The first kappa shape index (κ1) is 17.3. The van der Waals surface area contributed by atoms with Crippen molar-refractivity contribution >= 4 is 16.0 Å². The van der Waals surface area contributed by atoms with Crippen molar-refractivity contribution in [3.8, 4) is 5.75 Å². The number of ether oxygens (including phenoxy) is 1. The molecule has 0 atom stereocenters. The van der Waals surface area contributed by atoms with E-state index in [2.05, 4.69) is 0 Å². The zero-order valence-corrected chi connectivity index (χ0v) is 12.0. The summed E-state index contributed by atoms with van der Waals surface area (Å²) in [5.41, 5.74) is 0. The Bertz CT molecular complexity index is 574. The zero-order valence-electron chi connectivity index (χ0n) is 11.2. The van der Waals surface area contributed by atoms with Gasteiger partial charge in [0.1, 0.15) is 12.4 Å². The van der Waals surface area contributed by atoms with E-state index in [1.165, 1.54) is 31.3 Å². The topological polar surface area (TPSA) is 83.9 Å². The van der Waals surface area contributed by atoms with E-state index in [1.807, 2.05) is 0 Å². The maximum Gasteiger partial charge on any atom is 0.304 e. The van der Waals surface area contributed by atoms with Crippen molar-refractivity contribution in [1.82, 2.24) is 4.31 Å². The molecular weight excluding hydrogens is 308 g/mol. The summed E-state index contributed by atoms with van der Waals surface area (Å²) < 4.78 is 53.8. The van der Waals surface area contributed by atoms with Crippen LogP contribution in [-0.2, 0) is 14.8 Å². The number of carbonyl (C=O) groups is 1. The molecule has 118 valence electrons. The van der Waals surface area contributed by atoms with Crippen LogP contribution in [0.5, 0.6) is 5.75 Å². The van der Waals surface area contributed by atoms with Gasteiger partial charge in [0, 0.05) is 13.6 Å². The molecule has 0 spiro atoms. The summed E-state index contributed by atoms with van der Waals surface area (Å²) in [7, 11) is -2.55. The Labute approximate surface area is 121 Å². The van der Waals surface area contributed by atoms with Crippen LogP contribution in [0.1, 0.15) is 6.42 Å². The maximum atomic E-state index is 12.1. The Morgan fingerprint density at radius 1 is 1.33 bits per heavy atom. The first-order valence-electron chi connectivity index (χ1n) is 5.92. The molecule has 0 saturated carbocycles. The van der Waals surface area contributed by atoms with E-state index >= 15 is 0 Å². The standard InChI is InChI=1S/C12H15F2NO5S/c1-15(7-6-12(16)17)21(18,19)10-4-2-9(3-5-10)20-8-11(13)14/h2-5,11H,6-8H2,1H3,(H,16,17). The smallest absolute Gasteiger partial charge is 0.304 e. The third-order valence-electron chi connectivity index (χ3n) is 2.55. The Morgan fingerprint density at radius 2 is 1.90 bits per heavy atom. The summed E-state index contributed by atoms with van der Waals surface area (Å²) in [6, 6.07) is 4.96. The number of benzene rings is 1. The second-order valence-corrected chi connectivity index (χ2v) is 6.19. The zero-order chi connectivity index (χ0) is 16.0. The highest BCUT2D eigenvalue weighted by atomic mass is 32.2. The largest absolute Gasteiger partial charge is 0.488 e. The summed E-state index contributed by atoms with van der Waals surface area (Å²) >= 11 is 0. The lowest BCUT2D eigenvalue weighted by atomic mass is 10.3. The van der Waals surface area contributed by atoms with Gasteiger partial charge in [0.15, 0.2) is 0 Å². The maximum absolute atomic E-state index is 12.1. The average molecular weight is 323 g/mol. The van der Waals surface area contributed by atoms with Gasteiger partial charge in [-0.1, -0.05) is 0 Å². The number of nitrogens with zero attached hydrogens (tertiary/aromatic N) is 1. The van der Waals surface area contributed by atoms with Gasteiger partial charge in [0.2, 0.25) is 10.0 Å². The Kier molecular flexibility index (Phi) is 6.03. The van der Waals surface area contributed by atoms with Crippen LogP contribution in [0.3, 0.4) is 0 Å². The van der Waals surface area contributed by atoms with Crippen LogP contribution in [0.25, 0.3) is 0 Å². The number of aliphatic carboxylic acids is 1. The van der Waals surface area contributed by atoms with E-state index in [0.29, 0.717) is 0 Å². The van der Waals surface area contributed by atoms with Gasteiger partial charge in [-0.2, -0.15) is 0 Å². The number of sulfonamides is 1. The number of hydrogen-bond acceptors (Lipinski definition) is 4. The Balaban J connectivity index is 2.77. The molecule has 0 radical (unpaired) electrons. The lowest BCUT2D eigenvalue weighted by molar-refractivity contribution is -0.137. The average Bonchev–Trinajstić information content (AvgIpc) is 2.42. The minimum absolute atomic E-state index is 0.0696. The van der Waals surface area contributed by atoms with Gasteiger partial charge in [-0.25, -0.2) is 21.5 Å². The lowest BCUT2D eigenvalue weighted by Gasteiger charge is -2.16. The molecule has 0 saturated heterocycles. The van der Waals surface area contributed by atoms with Crippen molar-refractivity contribution in [2.45, 2.75) is 17.7 Å². The van der Waals surface area contributed by atoms with Gasteiger partial charge in [-0.3, -0.25) is 4.79 Å². The fourth-order valence-corrected chi connectivity index (χ4v) is 2.59. The van der Waals surface area contributed by atoms with Gasteiger partial charge < -0.3 is 9.84 Å². The van der Waals surface area contributed by atoms with Gasteiger partial charge in [-0.05, 0) is 24.3 Å². The minimum Gasteiger partial charge on any atom is -0.488 e. The number of alkyl halides is 2. The molecule has 9 heteroatoms. The van der Waals surface area contributed by atoms with Gasteiger partial charge in [0.05, 0.1) is 11.3 Å². The van der Waals surface area contributed by atoms with Crippen LogP contribution in [-0.4, -0.2) is 50.4 Å². The molecule has 0 aliphatic carbocycles. The molecule has 6 nitrogen and oxygen atoms in total. The lowest BCUT2D eigenvalue weighted by Crippen LogP contribution is -2.29. The van der Waals surface area contributed by atoms with E-state index < -0.39 is 29.0 Å². The second kappa shape index (κ2) is 7.32. The first-order chi connectivity index (χ1) is 9.73. The van der Waals surface area contributed by atoms with Crippen LogP contribution in [0.2, 0.25) is 0 Å². The monoisotopic (exact) mass is 323 g/mol. The molecule has 0 heterocycles. The summed E-state index contributed by atoms with van der Waals surface area (Å²) in [6.45, 7) is -0.939. The molecule has 0 aromatic heterocycles. The van der Waals surface area contributed by atoms with Gasteiger partial charge in [0.25, 0.3) is 6.43 Å². The quantitative estimate of drug-likeness (QED) is 0.782. The molecule has 0 aliphatic heterocycles. The number of halogens is 2. The Morgan fingerprint density at radius 3 is 2.38 bits per heavy atom. The highest BCUT2D eigenvalue weighted by molar-refractivity contribution is 7.89. The van der Waals surface area contributed by atoms with Gasteiger partial charge in [-0.15, -0.1) is 0 Å². The van der Waals surface area contributed by atoms with Crippen LogP contribution < -0.4 is 4.74 Å². The Hall–Kier alpha value is -1.74. The molecule has 1 rings (SSSR count). The molecule has 0 bridgehead atoms. The molecule has 1 aromatic carbocycles. The summed E-state index contributed by atoms with van der Waals surface area (Å²) in [5, 5.41) is 8.54. The summed E-state index contributed by atoms with van der Waals surface area (Å²) in [5.74, 6) is -0.977. The van der Waals surface area contributed by atoms with Crippen LogP contribution in [0.15, 0.2) is 29.2 Å². The molecule has 21 heavy (non-hydrogen) atoms. The first-order valence-corrected chi connectivity index (χ1v) is 7.36. The van der Waals surface area contributed by atoms with Crippen molar-refractivity contribution < 1.29 is 31.8 Å². The third-order valence-corrected chi connectivity index (χ3v) is 4.42. The number of hydrogen-bond donors (Lipinski definition) is 1. The van der Waals surface area contributed by atoms with Gasteiger partial charge >= 0.3 is 5.97 Å². The van der Waals surface area contributed by atoms with Crippen molar-refractivity contribution in [2.24, 2.45) is 0 Å². The summed E-state index contributed by atoms with van der Waals surface area (Å²) in [6.07, 6.45) is -2.93. The molecule has 0 amide bonds. The predicted molar refractivity (Wildman–Crippen MR) is 70.0 cm³/mol. The van der Waals surface area contributed by atoms with E-state index in [0.717, 1.165) is 4.31 Å². The predicted octanol–water partition coefficient (Wildman–Crippen LogP) is 1.43. The molecular formula is C12H15F2NO5S. The second-order valence-electron chi connectivity index (χ2n) is 4.14. The highest BCUT2D eigenvalue weighted by Gasteiger charge is 2.21. The van der Waals surface area contributed by atoms with E-state index in [1.54, 1.807) is 0 Å². The van der Waals surface area contributed by atoms with Crippen molar-refractivity contribution in [3.63, 3.8) is 0 Å². The molecule has 1 aromatic rings. The van der Waals surface area contributed by atoms with Crippen LogP contribution in [0.4, 0.5) is 8.78 Å². The van der Waals surface area contributed by atoms with Crippen molar-refractivity contribution in [1.29, 1.82) is 0 Å². The van der Waals surface area contributed by atoms with Crippen LogP contribution in [0, 0.1) is 0 Å². The fraction of sp³-hybridized carbons (Fsp3) is 0.417. The summed E-state index contributed by atoms with van der Waals surface area (Å²) in [4.78, 5) is 10.4. The van der Waals surface area contributed by atoms with Crippen molar-refractivity contribution in [3.05, 3.63) is 24.3 Å². The van der Waals surface area contributed by atoms with Crippen LogP contribution >= 0.6 is 0 Å². The molecule has 0 fully saturated rings. The van der Waals surface area contributed by atoms with E-state index in [-0.39, 0.29) is 23.6 Å². The number of carboxylic acids is 1. The normalized spacial score (nSPS) is 11.9. The fourth-order valence-electron chi connectivity index (χ4n) is 1.42. The van der Waals surface area contributed by atoms with E-state index in [4.69, 9.17) is 9.84 Å². The number of carboxylic acid groups (broad SMARTS) is 1. The van der Waals surface area contributed by atoms with E-state index in [9.17, 15) is 22.0 Å². The SMILES string of the molecule is CN(CCC(=O)O)S(=O)(=O)c1ccc(OCC(F)F)cc1. The minimum atomic E-state index is -3.82. The number of rotatable bonds is 8. The highest BCUT2D eigenvalue weighted by Crippen LogP contribution is 2.19. The third kappa shape index (κ3) is 5.27. The molecule has 0 unspecified atom stereocenters.